The van der Waals surface area contributed by atoms with Crippen molar-refractivity contribution >= 4 is 11.8 Å². The molecular formula is C14H14N4O5. The van der Waals surface area contributed by atoms with E-state index in [1.54, 1.807) is 12.1 Å². The van der Waals surface area contributed by atoms with E-state index in [1.165, 1.54) is 11.2 Å². The zero-order valence-corrected chi connectivity index (χ0v) is 12.1. The van der Waals surface area contributed by atoms with Crippen LogP contribution in [0.1, 0.15) is 16.1 Å². The summed E-state index contributed by atoms with van der Waals surface area (Å²) in [6, 6.07) is 3.26. The van der Waals surface area contributed by atoms with Crippen LogP contribution >= 0.6 is 0 Å². The lowest BCUT2D eigenvalue weighted by atomic mass is 10.2. The summed E-state index contributed by atoms with van der Waals surface area (Å²) in [5.74, 6) is -0.459. The van der Waals surface area contributed by atoms with E-state index in [0.29, 0.717) is 18.8 Å². The number of aromatic amines is 1. The van der Waals surface area contributed by atoms with E-state index in [-0.39, 0.29) is 24.6 Å². The highest BCUT2D eigenvalue weighted by molar-refractivity contribution is 5.96. The van der Waals surface area contributed by atoms with Crippen LogP contribution in [-0.4, -0.2) is 45.9 Å². The van der Waals surface area contributed by atoms with Crippen LogP contribution < -0.4 is 16.6 Å². The van der Waals surface area contributed by atoms with E-state index in [1.807, 2.05) is 0 Å². The monoisotopic (exact) mass is 318 g/mol. The molecule has 2 amide bonds. The molecule has 1 aliphatic heterocycles. The summed E-state index contributed by atoms with van der Waals surface area (Å²) < 4.78 is 6.00. The Morgan fingerprint density at radius 3 is 2.83 bits per heavy atom. The molecule has 9 nitrogen and oxygen atoms in total. The minimum Gasteiger partial charge on any atom is -0.467 e. The number of carbonyl (C=O) groups is 2. The Morgan fingerprint density at radius 2 is 2.13 bits per heavy atom. The van der Waals surface area contributed by atoms with E-state index in [2.05, 4.69) is 10.3 Å². The van der Waals surface area contributed by atoms with Crippen LogP contribution in [0.2, 0.25) is 0 Å². The lowest BCUT2D eigenvalue weighted by molar-refractivity contribution is -0.123. The Bertz CT molecular complexity index is 849. The second-order valence-corrected chi connectivity index (χ2v) is 5.05. The Kier molecular flexibility index (Phi) is 3.83. The van der Waals surface area contributed by atoms with Crippen LogP contribution in [-0.2, 0) is 11.3 Å². The van der Waals surface area contributed by atoms with Crippen molar-refractivity contribution < 1.29 is 14.0 Å². The average molecular weight is 318 g/mol. The Labute approximate surface area is 129 Å². The van der Waals surface area contributed by atoms with Gasteiger partial charge in [0.05, 0.1) is 19.4 Å². The van der Waals surface area contributed by atoms with Crippen molar-refractivity contribution in [2.24, 2.45) is 0 Å². The Hall–Kier alpha value is -3.10. The van der Waals surface area contributed by atoms with Crippen molar-refractivity contribution in [3.8, 4) is 0 Å². The second-order valence-electron chi connectivity index (χ2n) is 5.05. The fourth-order valence-electron chi connectivity index (χ4n) is 2.35. The number of furan rings is 1. The molecule has 1 aliphatic rings. The van der Waals surface area contributed by atoms with Crippen molar-refractivity contribution in [1.29, 1.82) is 0 Å². The summed E-state index contributed by atoms with van der Waals surface area (Å²) in [5, 5.41) is 2.60. The molecule has 0 bridgehead atoms. The largest absolute Gasteiger partial charge is 0.467 e. The molecular weight excluding hydrogens is 304 g/mol. The maximum atomic E-state index is 12.4. The van der Waals surface area contributed by atoms with E-state index < -0.39 is 17.2 Å². The first kappa shape index (κ1) is 14.8. The number of aromatic nitrogens is 2. The van der Waals surface area contributed by atoms with Crippen LogP contribution in [0.5, 0.6) is 0 Å². The molecule has 2 aromatic heterocycles. The molecule has 1 fully saturated rings. The van der Waals surface area contributed by atoms with Crippen molar-refractivity contribution in [3.63, 3.8) is 0 Å². The number of H-pyrrole nitrogens is 1. The van der Waals surface area contributed by atoms with Gasteiger partial charge in [0.2, 0.25) is 5.91 Å². The van der Waals surface area contributed by atoms with Gasteiger partial charge in [0.15, 0.2) is 0 Å². The molecule has 0 saturated carbocycles. The summed E-state index contributed by atoms with van der Waals surface area (Å²) in [5.41, 5.74) is -1.55. The van der Waals surface area contributed by atoms with Gasteiger partial charge >= 0.3 is 5.69 Å². The zero-order chi connectivity index (χ0) is 16.4. The fraction of sp³-hybridized carbons (Fsp3) is 0.286. The number of hydrogen-bond acceptors (Lipinski definition) is 5. The number of nitrogens with zero attached hydrogens (tertiary/aromatic N) is 2. The molecule has 0 spiro atoms. The fourth-order valence-corrected chi connectivity index (χ4v) is 2.35. The molecule has 2 aromatic rings. The zero-order valence-electron chi connectivity index (χ0n) is 12.1. The average Bonchev–Trinajstić information content (AvgIpc) is 3.04. The first-order valence-corrected chi connectivity index (χ1v) is 6.97. The van der Waals surface area contributed by atoms with E-state index in [4.69, 9.17) is 4.42 Å². The minimum absolute atomic E-state index is 0.0806. The van der Waals surface area contributed by atoms with E-state index in [0.717, 1.165) is 10.8 Å². The van der Waals surface area contributed by atoms with Gasteiger partial charge in [0, 0.05) is 19.3 Å². The number of nitrogens with one attached hydrogen (secondary N) is 2. The molecule has 3 rings (SSSR count). The van der Waals surface area contributed by atoms with Gasteiger partial charge in [0.1, 0.15) is 11.3 Å². The van der Waals surface area contributed by atoms with Gasteiger partial charge in [-0.1, -0.05) is 0 Å². The quantitative estimate of drug-likeness (QED) is 0.733. The first-order chi connectivity index (χ1) is 11.1. The lowest BCUT2D eigenvalue weighted by Crippen LogP contribution is -2.51. The standard InChI is InChI=1S/C14H14N4O5/c19-11-8-17(4-3-15-11)12(20)10-6-16-14(22)18(13(10)21)7-9-2-1-5-23-9/h1-2,5-6H,3-4,7-8H2,(H,15,19)(H,16,22). The summed E-state index contributed by atoms with van der Waals surface area (Å²) in [6.07, 6.45) is 2.51. The maximum absolute atomic E-state index is 12.4. The number of hydrogen-bond donors (Lipinski definition) is 2. The summed E-state index contributed by atoms with van der Waals surface area (Å²) >= 11 is 0. The third kappa shape index (κ3) is 2.93. The highest BCUT2D eigenvalue weighted by Crippen LogP contribution is 2.03. The maximum Gasteiger partial charge on any atom is 0.328 e. The molecule has 9 heteroatoms. The molecule has 0 aliphatic carbocycles. The summed E-state index contributed by atoms with van der Waals surface area (Å²) in [7, 11) is 0. The van der Waals surface area contributed by atoms with Crippen LogP contribution in [0.4, 0.5) is 0 Å². The number of carbonyl (C=O) groups excluding carboxylic acids is 2. The summed E-state index contributed by atoms with van der Waals surface area (Å²) in [4.78, 5) is 51.7. The molecule has 3 heterocycles. The SMILES string of the molecule is O=C1CN(C(=O)c2c[nH]c(=O)n(Cc3ccco3)c2=O)CCN1. The Balaban J connectivity index is 1.94. The van der Waals surface area contributed by atoms with Crippen LogP contribution in [0.25, 0.3) is 0 Å². The highest BCUT2D eigenvalue weighted by atomic mass is 16.3. The minimum atomic E-state index is -0.721. The van der Waals surface area contributed by atoms with Gasteiger partial charge in [-0.3, -0.25) is 19.0 Å². The number of piperazine rings is 1. The van der Waals surface area contributed by atoms with Crippen molar-refractivity contribution in [1.82, 2.24) is 19.8 Å². The van der Waals surface area contributed by atoms with Gasteiger partial charge in [-0.15, -0.1) is 0 Å². The molecule has 0 aromatic carbocycles. The normalized spacial score (nSPS) is 14.6. The van der Waals surface area contributed by atoms with Gasteiger partial charge in [-0.25, -0.2) is 4.79 Å². The van der Waals surface area contributed by atoms with Crippen LogP contribution in [0, 0.1) is 0 Å². The number of amides is 2. The third-order valence-corrected chi connectivity index (χ3v) is 3.51. The highest BCUT2D eigenvalue weighted by Gasteiger charge is 2.25. The van der Waals surface area contributed by atoms with Gasteiger partial charge in [-0.05, 0) is 12.1 Å². The molecule has 0 radical (unpaired) electrons. The van der Waals surface area contributed by atoms with E-state index in [9.17, 15) is 19.2 Å². The molecule has 1 saturated heterocycles. The first-order valence-electron chi connectivity index (χ1n) is 6.97. The summed E-state index contributed by atoms with van der Waals surface area (Å²) in [6.45, 7) is 0.439. The smallest absolute Gasteiger partial charge is 0.328 e. The van der Waals surface area contributed by atoms with Gasteiger partial charge < -0.3 is 19.6 Å². The third-order valence-electron chi connectivity index (χ3n) is 3.51. The number of rotatable bonds is 3. The van der Waals surface area contributed by atoms with Gasteiger partial charge in [-0.2, -0.15) is 0 Å². The predicted octanol–water partition coefficient (Wildman–Crippen LogP) is -1.25. The topological polar surface area (TPSA) is 117 Å². The van der Waals surface area contributed by atoms with E-state index >= 15 is 0 Å². The van der Waals surface area contributed by atoms with Crippen molar-refractivity contribution in [3.05, 3.63) is 56.8 Å². The molecule has 23 heavy (non-hydrogen) atoms. The van der Waals surface area contributed by atoms with Crippen LogP contribution in [0.3, 0.4) is 0 Å². The van der Waals surface area contributed by atoms with Gasteiger partial charge in [0.25, 0.3) is 11.5 Å². The molecule has 120 valence electrons. The molecule has 0 atom stereocenters. The lowest BCUT2D eigenvalue weighted by Gasteiger charge is -2.26. The van der Waals surface area contributed by atoms with Crippen LogP contribution in [0.15, 0.2) is 38.6 Å². The van der Waals surface area contributed by atoms with Crippen molar-refractivity contribution in [2.45, 2.75) is 6.54 Å². The predicted molar refractivity (Wildman–Crippen MR) is 78.0 cm³/mol. The molecule has 0 unspecified atom stereocenters. The second kappa shape index (κ2) is 5.95. The Morgan fingerprint density at radius 1 is 1.30 bits per heavy atom. The van der Waals surface area contributed by atoms with Crippen molar-refractivity contribution in [2.75, 3.05) is 19.6 Å². The molecule has 2 N–H and O–H groups in total.